The van der Waals surface area contributed by atoms with Gasteiger partial charge in [0.1, 0.15) is 0 Å². The zero-order valence-electron chi connectivity index (χ0n) is 25.4. The van der Waals surface area contributed by atoms with Gasteiger partial charge in [-0.15, -0.1) is 0 Å². The first-order valence-corrected chi connectivity index (χ1v) is 16.0. The first-order valence-electron chi connectivity index (χ1n) is 16.0. The smallest absolute Gasteiger partial charge is 0.0497 e. The molecule has 1 aliphatic heterocycles. The number of fused-ring (bicyclic) bond motifs is 8. The third kappa shape index (κ3) is 3.38. The lowest BCUT2D eigenvalue weighted by Gasteiger charge is -2.34. The van der Waals surface area contributed by atoms with Crippen LogP contribution in [0.1, 0.15) is 36.1 Å². The highest BCUT2D eigenvalue weighted by Crippen LogP contribution is 2.53. The van der Waals surface area contributed by atoms with Crippen molar-refractivity contribution < 1.29 is 0 Å². The molecule has 0 fully saturated rings. The van der Waals surface area contributed by atoms with E-state index in [0.717, 1.165) is 6.42 Å². The van der Waals surface area contributed by atoms with E-state index in [9.17, 15) is 0 Å². The average molecular weight is 574 g/mol. The normalized spacial score (nSPS) is 14.5. The molecule has 1 heterocycles. The predicted molar refractivity (Wildman–Crippen MR) is 189 cm³/mol. The second-order valence-electron chi connectivity index (χ2n) is 13.4. The van der Waals surface area contributed by atoms with Crippen molar-refractivity contribution in [1.82, 2.24) is 0 Å². The second kappa shape index (κ2) is 8.83. The molecule has 0 amide bonds. The molecule has 10 rings (SSSR count). The Morgan fingerprint density at radius 1 is 0.467 bits per heavy atom. The average Bonchev–Trinajstić information content (AvgIpc) is 3.52. The van der Waals surface area contributed by atoms with Crippen LogP contribution in [-0.2, 0) is 11.8 Å². The van der Waals surface area contributed by atoms with Gasteiger partial charge in [0.25, 0.3) is 0 Å². The van der Waals surface area contributed by atoms with E-state index in [1.54, 1.807) is 0 Å². The van der Waals surface area contributed by atoms with Crippen LogP contribution in [-0.4, -0.2) is 0 Å². The van der Waals surface area contributed by atoms with Crippen LogP contribution in [0.5, 0.6) is 0 Å². The van der Waals surface area contributed by atoms with E-state index in [0.29, 0.717) is 0 Å². The maximum Gasteiger partial charge on any atom is 0.0497 e. The number of anilines is 3. The first kappa shape index (κ1) is 25.0. The number of hydrogen-bond donors (Lipinski definition) is 0. The van der Waals surface area contributed by atoms with Crippen molar-refractivity contribution in [2.24, 2.45) is 0 Å². The Labute approximate surface area is 264 Å². The largest absolute Gasteiger partial charge is 0.310 e. The lowest BCUT2D eigenvalue weighted by molar-refractivity contribution is 0.660. The maximum atomic E-state index is 2.49. The van der Waals surface area contributed by atoms with Crippen LogP contribution in [0.15, 0.2) is 140 Å². The van der Waals surface area contributed by atoms with Crippen molar-refractivity contribution in [3.63, 3.8) is 0 Å². The van der Waals surface area contributed by atoms with Crippen molar-refractivity contribution in [1.29, 1.82) is 0 Å². The highest BCUT2D eigenvalue weighted by molar-refractivity contribution is 6.16. The summed E-state index contributed by atoms with van der Waals surface area (Å²) < 4.78 is 0. The molecule has 1 heteroatoms. The van der Waals surface area contributed by atoms with E-state index < -0.39 is 0 Å². The minimum absolute atomic E-state index is 0.0120. The molecule has 0 saturated carbocycles. The quantitative estimate of drug-likeness (QED) is 0.199. The van der Waals surface area contributed by atoms with Gasteiger partial charge in [0.15, 0.2) is 0 Å². The molecular formula is C44H31N. The van der Waals surface area contributed by atoms with Crippen LogP contribution < -0.4 is 4.90 Å². The Kier molecular flexibility index (Phi) is 4.90. The van der Waals surface area contributed by atoms with Gasteiger partial charge in [-0.25, -0.2) is 0 Å². The molecule has 45 heavy (non-hydrogen) atoms. The summed E-state index contributed by atoms with van der Waals surface area (Å²) in [6.07, 6.45) is 0.922. The van der Waals surface area contributed by atoms with Crippen LogP contribution in [0, 0.1) is 0 Å². The van der Waals surface area contributed by atoms with Gasteiger partial charge in [0, 0.05) is 28.9 Å². The van der Waals surface area contributed by atoms with Gasteiger partial charge in [-0.1, -0.05) is 117 Å². The molecule has 7 aromatic carbocycles. The zero-order valence-corrected chi connectivity index (χ0v) is 25.4. The number of para-hydroxylation sites is 1. The standard InChI is InChI=1S/C44H31N/c1-44(2)39-16-7-6-14-35(39)36-20-18-28(25-40(36)44)27-19-21-42-31(22-27)23-29-10-3-8-17-41(29)45(42)32-24-30-11-9-15-37-33-12-4-5-13-34(33)38(26-32)43(30)37/h3-22,24-26H,23H2,1-2H3. The molecule has 0 unspecified atom stereocenters. The molecule has 1 nitrogen and oxygen atoms in total. The summed E-state index contributed by atoms with van der Waals surface area (Å²) in [5, 5.41) is 2.66. The summed E-state index contributed by atoms with van der Waals surface area (Å²) in [7, 11) is 0. The molecule has 0 bridgehead atoms. The summed E-state index contributed by atoms with van der Waals surface area (Å²) in [4.78, 5) is 2.49. The monoisotopic (exact) mass is 573 g/mol. The van der Waals surface area contributed by atoms with Gasteiger partial charge in [-0.2, -0.15) is 0 Å². The molecule has 7 aromatic rings. The molecule has 0 N–H and O–H groups in total. The van der Waals surface area contributed by atoms with Crippen LogP contribution in [0.4, 0.5) is 17.1 Å². The molecule has 0 radical (unpaired) electrons. The second-order valence-corrected chi connectivity index (χ2v) is 13.4. The maximum absolute atomic E-state index is 2.49. The summed E-state index contributed by atoms with van der Waals surface area (Å²) in [5.74, 6) is 0. The summed E-state index contributed by atoms with van der Waals surface area (Å²) in [5.41, 5.74) is 19.9. The summed E-state index contributed by atoms with van der Waals surface area (Å²) in [6.45, 7) is 4.72. The molecule has 212 valence electrons. The summed E-state index contributed by atoms with van der Waals surface area (Å²) >= 11 is 0. The summed E-state index contributed by atoms with van der Waals surface area (Å²) in [6, 6.07) is 52.4. The highest BCUT2D eigenvalue weighted by Gasteiger charge is 2.35. The number of benzene rings is 7. The van der Waals surface area contributed by atoms with Crippen molar-refractivity contribution in [3.8, 4) is 44.5 Å². The molecule has 0 aromatic heterocycles. The van der Waals surface area contributed by atoms with Gasteiger partial charge in [0.2, 0.25) is 0 Å². The Morgan fingerprint density at radius 3 is 2.02 bits per heavy atom. The molecule has 3 aliphatic rings. The fourth-order valence-corrected chi connectivity index (χ4v) is 8.43. The van der Waals surface area contributed by atoms with E-state index >= 15 is 0 Å². The Hall–Kier alpha value is -5.40. The van der Waals surface area contributed by atoms with Gasteiger partial charge in [0.05, 0.1) is 0 Å². The fraction of sp³-hybridized carbons (Fsp3) is 0.0909. The van der Waals surface area contributed by atoms with Crippen molar-refractivity contribution in [3.05, 3.63) is 162 Å². The van der Waals surface area contributed by atoms with Gasteiger partial charge in [-0.3, -0.25) is 0 Å². The van der Waals surface area contributed by atoms with Crippen molar-refractivity contribution in [2.75, 3.05) is 4.90 Å². The Morgan fingerprint density at radius 2 is 1.13 bits per heavy atom. The van der Waals surface area contributed by atoms with E-state index in [4.69, 9.17) is 0 Å². The molecular weight excluding hydrogens is 542 g/mol. The lowest BCUT2D eigenvalue weighted by Crippen LogP contribution is -2.18. The Bertz CT molecular complexity index is 2390. The number of hydrogen-bond acceptors (Lipinski definition) is 1. The molecule has 0 saturated heterocycles. The van der Waals surface area contributed by atoms with E-state index in [1.807, 2.05) is 0 Å². The van der Waals surface area contributed by atoms with Gasteiger partial charge in [-0.05, 0) is 114 Å². The zero-order chi connectivity index (χ0) is 29.9. The van der Waals surface area contributed by atoms with Gasteiger partial charge >= 0.3 is 0 Å². The van der Waals surface area contributed by atoms with Crippen LogP contribution in [0.2, 0.25) is 0 Å². The minimum atomic E-state index is -0.0120. The lowest BCUT2D eigenvalue weighted by atomic mass is 9.81. The van der Waals surface area contributed by atoms with Crippen LogP contribution in [0.3, 0.4) is 0 Å². The van der Waals surface area contributed by atoms with Crippen LogP contribution in [0.25, 0.3) is 55.3 Å². The number of rotatable bonds is 2. The third-order valence-electron chi connectivity index (χ3n) is 10.6. The molecule has 2 aliphatic carbocycles. The highest BCUT2D eigenvalue weighted by atomic mass is 15.2. The van der Waals surface area contributed by atoms with E-state index in [2.05, 4.69) is 158 Å². The third-order valence-corrected chi connectivity index (χ3v) is 10.6. The predicted octanol–water partition coefficient (Wildman–Crippen LogP) is 11.8. The minimum Gasteiger partial charge on any atom is -0.310 e. The van der Waals surface area contributed by atoms with E-state index in [1.165, 1.54) is 94.6 Å². The molecule has 0 atom stereocenters. The Balaban J connectivity index is 1.13. The SMILES string of the molecule is CC1(C)c2ccccc2-c2ccc(-c3ccc4c(c3)Cc3ccccc3N4c3cc4c5c(cccc5c3)-c3ccccc3-4)cc21. The first-order chi connectivity index (χ1) is 22.1. The topological polar surface area (TPSA) is 3.24 Å². The fourth-order valence-electron chi connectivity index (χ4n) is 8.43. The van der Waals surface area contributed by atoms with Gasteiger partial charge < -0.3 is 4.90 Å². The van der Waals surface area contributed by atoms with E-state index in [-0.39, 0.29) is 5.41 Å². The van der Waals surface area contributed by atoms with Crippen LogP contribution >= 0.6 is 0 Å². The van der Waals surface area contributed by atoms with Crippen molar-refractivity contribution >= 4 is 27.8 Å². The number of nitrogens with zero attached hydrogens (tertiary/aromatic N) is 1. The molecule has 0 spiro atoms. The van der Waals surface area contributed by atoms with Crippen molar-refractivity contribution in [2.45, 2.75) is 25.7 Å².